The standard InChI is InChI=1S/C11H18N4O/c12-14-11-2-1-9(7-13-11)8-15-5-3-10(16)4-6-15/h1-2,7,10,16H,3-6,8,12H2,(H,13,14). The average molecular weight is 222 g/mol. The first-order valence-electron chi connectivity index (χ1n) is 5.60. The van der Waals surface area contributed by atoms with Crippen molar-refractivity contribution in [2.24, 2.45) is 5.84 Å². The molecule has 0 spiro atoms. The molecule has 4 N–H and O–H groups in total. The molecule has 0 bridgehead atoms. The molecular weight excluding hydrogens is 204 g/mol. The van der Waals surface area contributed by atoms with Crippen molar-refractivity contribution in [3.05, 3.63) is 23.9 Å². The van der Waals surface area contributed by atoms with Crippen molar-refractivity contribution in [2.75, 3.05) is 18.5 Å². The van der Waals surface area contributed by atoms with Gasteiger partial charge < -0.3 is 10.5 Å². The Morgan fingerprint density at radius 1 is 1.44 bits per heavy atom. The topological polar surface area (TPSA) is 74.4 Å². The lowest BCUT2D eigenvalue weighted by molar-refractivity contribution is 0.0792. The van der Waals surface area contributed by atoms with Crippen molar-refractivity contribution in [2.45, 2.75) is 25.5 Å². The average Bonchev–Trinajstić information content (AvgIpc) is 2.33. The van der Waals surface area contributed by atoms with Gasteiger partial charge in [0.1, 0.15) is 5.82 Å². The van der Waals surface area contributed by atoms with E-state index in [2.05, 4.69) is 15.3 Å². The highest BCUT2D eigenvalue weighted by molar-refractivity contribution is 5.33. The van der Waals surface area contributed by atoms with E-state index in [-0.39, 0.29) is 6.10 Å². The first-order valence-corrected chi connectivity index (χ1v) is 5.60. The fourth-order valence-corrected chi connectivity index (χ4v) is 1.94. The van der Waals surface area contributed by atoms with Gasteiger partial charge in [0.05, 0.1) is 6.10 Å². The number of aliphatic hydroxyl groups excluding tert-OH is 1. The van der Waals surface area contributed by atoms with Gasteiger partial charge in [0.15, 0.2) is 0 Å². The summed E-state index contributed by atoms with van der Waals surface area (Å²) in [6.45, 7) is 2.81. The van der Waals surface area contributed by atoms with E-state index in [0.717, 1.165) is 32.5 Å². The number of pyridine rings is 1. The van der Waals surface area contributed by atoms with Gasteiger partial charge in [-0.3, -0.25) is 4.90 Å². The zero-order chi connectivity index (χ0) is 11.4. The summed E-state index contributed by atoms with van der Waals surface area (Å²) < 4.78 is 0. The zero-order valence-electron chi connectivity index (χ0n) is 9.26. The third-order valence-electron chi connectivity index (χ3n) is 2.94. The van der Waals surface area contributed by atoms with Crippen LogP contribution < -0.4 is 11.3 Å². The number of anilines is 1. The van der Waals surface area contributed by atoms with E-state index in [0.29, 0.717) is 5.82 Å². The van der Waals surface area contributed by atoms with Crippen molar-refractivity contribution in [1.29, 1.82) is 0 Å². The van der Waals surface area contributed by atoms with E-state index in [1.165, 1.54) is 5.56 Å². The maximum absolute atomic E-state index is 9.40. The molecule has 1 aromatic rings. The fourth-order valence-electron chi connectivity index (χ4n) is 1.94. The van der Waals surface area contributed by atoms with Crippen molar-refractivity contribution in [3.8, 4) is 0 Å². The van der Waals surface area contributed by atoms with Gasteiger partial charge in [0.2, 0.25) is 0 Å². The molecule has 0 amide bonds. The van der Waals surface area contributed by atoms with E-state index < -0.39 is 0 Å². The molecule has 5 heteroatoms. The smallest absolute Gasteiger partial charge is 0.139 e. The van der Waals surface area contributed by atoms with Crippen molar-refractivity contribution >= 4 is 5.82 Å². The van der Waals surface area contributed by atoms with Crippen molar-refractivity contribution < 1.29 is 5.11 Å². The van der Waals surface area contributed by atoms with Gasteiger partial charge in [-0.15, -0.1) is 0 Å². The van der Waals surface area contributed by atoms with Crippen LogP contribution in [0.25, 0.3) is 0 Å². The molecule has 88 valence electrons. The zero-order valence-corrected chi connectivity index (χ0v) is 9.26. The van der Waals surface area contributed by atoms with Gasteiger partial charge in [-0.2, -0.15) is 0 Å². The second kappa shape index (κ2) is 5.25. The molecule has 0 unspecified atom stereocenters. The number of nitrogens with zero attached hydrogens (tertiary/aromatic N) is 2. The SMILES string of the molecule is NNc1ccc(CN2CCC(O)CC2)cn1. The van der Waals surface area contributed by atoms with Gasteiger partial charge in [-0.1, -0.05) is 6.07 Å². The van der Waals surface area contributed by atoms with Crippen LogP contribution >= 0.6 is 0 Å². The Morgan fingerprint density at radius 3 is 2.75 bits per heavy atom. The van der Waals surface area contributed by atoms with Crippen molar-refractivity contribution in [3.63, 3.8) is 0 Å². The molecule has 5 nitrogen and oxygen atoms in total. The number of aromatic nitrogens is 1. The van der Waals surface area contributed by atoms with Crippen LogP contribution in [0.3, 0.4) is 0 Å². The Labute approximate surface area is 95.2 Å². The molecule has 2 heterocycles. The van der Waals surface area contributed by atoms with Crippen LogP contribution in [0.2, 0.25) is 0 Å². The second-order valence-electron chi connectivity index (χ2n) is 4.20. The Bertz CT molecular complexity index is 319. The highest BCUT2D eigenvalue weighted by Crippen LogP contribution is 2.13. The Balaban J connectivity index is 1.88. The molecule has 1 aliphatic rings. The van der Waals surface area contributed by atoms with Crippen LogP contribution in [0.5, 0.6) is 0 Å². The van der Waals surface area contributed by atoms with Crippen LogP contribution in [0, 0.1) is 0 Å². The van der Waals surface area contributed by atoms with Crippen LogP contribution in [0.15, 0.2) is 18.3 Å². The minimum atomic E-state index is -0.113. The minimum absolute atomic E-state index is 0.113. The van der Waals surface area contributed by atoms with Gasteiger partial charge in [-0.05, 0) is 24.5 Å². The Morgan fingerprint density at radius 2 is 2.19 bits per heavy atom. The Kier molecular flexibility index (Phi) is 3.71. The van der Waals surface area contributed by atoms with Gasteiger partial charge >= 0.3 is 0 Å². The summed E-state index contributed by atoms with van der Waals surface area (Å²) >= 11 is 0. The number of aliphatic hydroxyl groups is 1. The summed E-state index contributed by atoms with van der Waals surface area (Å²) in [6.07, 6.45) is 3.46. The molecule has 0 aromatic carbocycles. The summed E-state index contributed by atoms with van der Waals surface area (Å²) in [5, 5.41) is 9.40. The Hall–Kier alpha value is -1.17. The summed E-state index contributed by atoms with van der Waals surface area (Å²) in [5.41, 5.74) is 3.68. The lowest BCUT2D eigenvalue weighted by atomic mass is 10.1. The van der Waals surface area contributed by atoms with Gasteiger partial charge in [-0.25, -0.2) is 10.8 Å². The first-order chi connectivity index (χ1) is 7.78. The van der Waals surface area contributed by atoms with Gasteiger partial charge in [0.25, 0.3) is 0 Å². The summed E-state index contributed by atoms with van der Waals surface area (Å²) in [4.78, 5) is 6.50. The van der Waals surface area contributed by atoms with E-state index >= 15 is 0 Å². The molecule has 16 heavy (non-hydrogen) atoms. The molecule has 1 aromatic heterocycles. The first kappa shape index (κ1) is 11.3. The number of hydrazine groups is 1. The van der Waals surface area contributed by atoms with Crippen LogP contribution in [-0.2, 0) is 6.54 Å². The number of nitrogens with two attached hydrogens (primary N) is 1. The largest absolute Gasteiger partial charge is 0.393 e. The number of likely N-dealkylation sites (tertiary alicyclic amines) is 1. The quantitative estimate of drug-likeness (QED) is 0.507. The van der Waals surface area contributed by atoms with Crippen LogP contribution in [0.1, 0.15) is 18.4 Å². The summed E-state index contributed by atoms with van der Waals surface area (Å²) in [7, 11) is 0. The molecular formula is C11H18N4O. The summed E-state index contributed by atoms with van der Waals surface area (Å²) in [5.74, 6) is 5.93. The normalized spacial score (nSPS) is 18.6. The highest BCUT2D eigenvalue weighted by Gasteiger charge is 2.16. The molecule has 0 radical (unpaired) electrons. The number of nitrogens with one attached hydrogen (secondary N) is 1. The van der Waals surface area contributed by atoms with E-state index in [1.807, 2.05) is 18.3 Å². The molecule has 0 saturated carbocycles. The summed E-state index contributed by atoms with van der Waals surface area (Å²) in [6, 6.07) is 3.89. The molecule has 1 saturated heterocycles. The third-order valence-corrected chi connectivity index (χ3v) is 2.94. The van der Waals surface area contributed by atoms with E-state index in [4.69, 9.17) is 5.84 Å². The maximum atomic E-state index is 9.40. The van der Waals surface area contributed by atoms with Crippen LogP contribution in [-0.4, -0.2) is 34.2 Å². The maximum Gasteiger partial charge on any atom is 0.139 e. The highest BCUT2D eigenvalue weighted by atomic mass is 16.3. The third kappa shape index (κ3) is 2.91. The number of piperidine rings is 1. The molecule has 1 fully saturated rings. The van der Waals surface area contributed by atoms with E-state index in [1.54, 1.807) is 0 Å². The lowest BCUT2D eigenvalue weighted by Gasteiger charge is -2.29. The molecule has 0 atom stereocenters. The number of hydrogen-bond acceptors (Lipinski definition) is 5. The van der Waals surface area contributed by atoms with Crippen LogP contribution in [0.4, 0.5) is 5.82 Å². The van der Waals surface area contributed by atoms with Gasteiger partial charge in [0, 0.05) is 25.8 Å². The predicted molar refractivity (Wildman–Crippen MR) is 62.6 cm³/mol. The lowest BCUT2D eigenvalue weighted by Crippen LogP contribution is -2.35. The monoisotopic (exact) mass is 222 g/mol. The second-order valence-corrected chi connectivity index (χ2v) is 4.20. The molecule has 0 aliphatic carbocycles. The fraction of sp³-hybridized carbons (Fsp3) is 0.545. The molecule has 1 aliphatic heterocycles. The minimum Gasteiger partial charge on any atom is -0.393 e. The number of rotatable bonds is 3. The predicted octanol–water partition coefficient (Wildman–Crippen LogP) is 0.324. The number of nitrogen functional groups attached to an aromatic ring is 1. The van der Waals surface area contributed by atoms with Crippen molar-refractivity contribution in [1.82, 2.24) is 9.88 Å². The molecule has 2 rings (SSSR count). The number of hydrogen-bond donors (Lipinski definition) is 3. The van der Waals surface area contributed by atoms with E-state index in [9.17, 15) is 5.11 Å².